The molecule has 1 aliphatic heterocycles. The molecule has 2 aromatic carbocycles. The zero-order valence-corrected chi connectivity index (χ0v) is 16.5. The van der Waals surface area contributed by atoms with E-state index >= 15 is 0 Å². The molecule has 1 saturated heterocycles. The Bertz CT molecular complexity index is 1200. The summed E-state index contributed by atoms with van der Waals surface area (Å²) in [5.74, 6) is 0.677. The van der Waals surface area contributed by atoms with Gasteiger partial charge in [-0.1, -0.05) is 36.4 Å². The van der Waals surface area contributed by atoms with Crippen molar-refractivity contribution < 1.29 is 4.79 Å². The van der Waals surface area contributed by atoms with Crippen LogP contribution < -0.4 is 10.2 Å². The number of carbonyl (C=O) groups excluding carboxylic acids is 1. The number of fused-ring (bicyclic) bond motifs is 1. The molecule has 5 rings (SSSR count). The van der Waals surface area contributed by atoms with Gasteiger partial charge >= 0.3 is 0 Å². The minimum atomic E-state index is -0.242. The molecule has 2 aromatic heterocycles. The zero-order valence-electron chi connectivity index (χ0n) is 16.5. The number of nitrogens with zero attached hydrogens (tertiary/aromatic N) is 4. The van der Waals surface area contributed by atoms with Crippen LogP contribution >= 0.6 is 0 Å². The molecular formula is C24H21N5O. The van der Waals surface area contributed by atoms with Gasteiger partial charge in [0, 0.05) is 29.7 Å². The third-order valence-electron chi connectivity index (χ3n) is 5.33. The van der Waals surface area contributed by atoms with Crippen molar-refractivity contribution in [3.8, 4) is 11.3 Å². The van der Waals surface area contributed by atoms with Gasteiger partial charge in [0.2, 0.25) is 0 Å². The number of benzene rings is 2. The molecule has 148 valence electrons. The number of aromatic nitrogens is 3. The van der Waals surface area contributed by atoms with Crippen LogP contribution in [0.1, 0.15) is 23.3 Å². The van der Waals surface area contributed by atoms with Crippen molar-refractivity contribution >= 4 is 28.3 Å². The maximum atomic E-state index is 12.7. The Kier molecular flexibility index (Phi) is 4.81. The number of rotatable bonds is 4. The summed E-state index contributed by atoms with van der Waals surface area (Å²) in [5.41, 5.74) is 3.55. The Morgan fingerprint density at radius 2 is 1.73 bits per heavy atom. The van der Waals surface area contributed by atoms with Gasteiger partial charge in [0.1, 0.15) is 5.69 Å². The van der Waals surface area contributed by atoms with Gasteiger partial charge in [-0.05, 0) is 49.2 Å². The molecule has 0 aliphatic carbocycles. The number of para-hydroxylation sites is 1. The summed E-state index contributed by atoms with van der Waals surface area (Å²) in [6.45, 7) is 2.08. The van der Waals surface area contributed by atoms with Crippen molar-refractivity contribution in [1.29, 1.82) is 0 Å². The van der Waals surface area contributed by atoms with Gasteiger partial charge in [0.25, 0.3) is 5.91 Å². The van der Waals surface area contributed by atoms with Crippen LogP contribution in [0.25, 0.3) is 22.2 Å². The number of anilines is 2. The van der Waals surface area contributed by atoms with Crippen LogP contribution in [0.5, 0.6) is 0 Å². The molecule has 30 heavy (non-hydrogen) atoms. The lowest BCUT2D eigenvalue weighted by Gasteiger charge is -2.15. The van der Waals surface area contributed by atoms with E-state index < -0.39 is 0 Å². The third kappa shape index (κ3) is 3.72. The largest absolute Gasteiger partial charge is 0.355 e. The summed E-state index contributed by atoms with van der Waals surface area (Å²) in [5, 5.41) is 12.7. The van der Waals surface area contributed by atoms with Crippen LogP contribution in [0.2, 0.25) is 0 Å². The zero-order chi connectivity index (χ0) is 20.3. The molecule has 0 unspecified atom stereocenters. The highest BCUT2D eigenvalue weighted by Crippen LogP contribution is 2.23. The number of hydrogen-bond acceptors (Lipinski definition) is 5. The Balaban J connectivity index is 1.34. The molecule has 1 N–H and O–H groups in total. The van der Waals surface area contributed by atoms with Crippen molar-refractivity contribution in [2.24, 2.45) is 0 Å². The summed E-state index contributed by atoms with van der Waals surface area (Å²) in [4.78, 5) is 19.4. The van der Waals surface area contributed by atoms with Gasteiger partial charge in [-0.15, -0.1) is 10.2 Å². The highest BCUT2D eigenvalue weighted by molar-refractivity contribution is 6.04. The number of carbonyl (C=O) groups is 1. The molecule has 0 atom stereocenters. The lowest BCUT2D eigenvalue weighted by atomic mass is 10.1. The Hall–Kier alpha value is -3.80. The highest BCUT2D eigenvalue weighted by Gasteiger charge is 2.14. The molecule has 1 fully saturated rings. The monoisotopic (exact) mass is 395 g/mol. The van der Waals surface area contributed by atoms with Crippen molar-refractivity contribution in [3.05, 3.63) is 78.5 Å². The molecule has 1 amide bonds. The van der Waals surface area contributed by atoms with E-state index in [0.29, 0.717) is 11.4 Å². The van der Waals surface area contributed by atoms with Crippen LogP contribution in [0, 0.1) is 0 Å². The first kappa shape index (κ1) is 18.2. The summed E-state index contributed by atoms with van der Waals surface area (Å²) >= 11 is 0. The van der Waals surface area contributed by atoms with E-state index in [1.54, 1.807) is 6.07 Å². The first-order valence-corrected chi connectivity index (χ1v) is 10.1. The SMILES string of the molecule is O=C(Nc1cccc(-c2ccc(N3CCCC3)nn2)c1)c1ccc2ccccc2n1. The van der Waals surface area contributed by atoms with E-state index in [1.807, 2.05) is 66.7 Å². The number of nitrogens with one attached hydrogen (secondary N) is 1. The van der Waals surface area contributed by atoms with E-state index in [9.17, 15) is 4.79 Å². The van der Waals surface area contributed by atoms with E-state index in [2.05, 4.69) is 25.4 Å². The van der Waals surface area contributed by atoms with Gasteiger partial charge in [-0.3, -0.25) is 4.79 Å². The summed E-state index contributed by atoms with van der Waals surface area (Å²) in [7, 11) is 0. The summed E-state index contributed by atoms with van der Waals surface area (Å²) in [6, 6.07) is 23.0. The molecule has 0 radical (unpaired) electrons. The van der Waals surface area contributed by atoms with Crippen LogP contribution in [0.15, 0.2) is 72.8 Å². The lowest BCUT2D eigenvalue weighted by molar-refractivity contribution is 0.102. The Morgan fingerprint density at radius 1 is 0.867 bits per heavy atom. The van der Waals surface area contributed by atoms with Gasteiger partial charge in [0.05, 0.1) is 11.2 Å². The number of amides is 1. The second-order valence-corrected chi connectivity index (χ2v) is 7.40. The quantitative estimate of drug-likeness (QED) is 0.549. The average Bonchev–Trinajstić information content (AvgIpc) is 3.34. The average molecular weight is 395 g/mol. The van der Waals surface area contributed by atoms with Crippen LogP contribution in [0.4, 0.5) is 11.5 Å². The van der Waals surface area contributed by atoms with Gasteiger partial charge in [-0.2, -0.15) is 0 Å². The van der Waals surface area contributed by atoms with E-state index in [4.69, 9.17) is 0 Å². The first-order valence-electron chi connectivity index (χ1n) is 10.1. The molecule has 0 saturated carbocycles. The Labute approximate surface area is 174 Å². The topological polar surface area (TPSA) is 71.0 Å². The molecule has 0 bridgehead atoms. The maximum absolute atomic E-state index is 12.7. The van der Waals surface area contributed by atoms with Gasteiger partial charge in [-0.25, -0.2) is 4.98 Å². The fourth-order valence-corrected chi connectivity index (χ4v) is 3.74. The van der Waals surface area contributed by atoms with E-state index in [-0.39, 0.29) is 5.91 Å². The molecule has 1 aliphatic rings. The van der Waals surface area contributed by atoms with E-state index in [0.717, 1.165) is 41.1 Å². The van der Waals surface area contributed by atoms with Crippen LogP contribution in [0.3, 0.4) is 0 Å². The minimum Gasteiger partial charge on any atom is -0.355 e. The van der Waals surface area contributed by atoms with E-state index in [1.165, 1.54) is 12.8 Å². The van der Waals surface area contributed by atoms with Gasteiger partial charge in [0.15, 0.2) is 5.82 Å². The molecule has 6 nitrogen and oxygen atoms in total. The molecule has 0 spiro atoms. The first-order chi connectivity index (χ1) is 14.8. The predicted molar refractivity (Wildman–Crippen MR) is 119 cm³/mol. The van der Waals surface area contributed by atoms with Crippen LogP contribution in [-0.4, -0.2) is 34.2 Å². The second kappa shape index (κ2) is 7.91. The molecular weight excluding hydrogens is 374 g/mol. The number of pyridine rings is 1. The molecule has 3 heterocycles. The minimum absolute atomic E-state index is 0.242. The summed E-state index contributed by atoms with van der Waals surface area (Å²) in [6.07, 6.45) is 2.41. The lowest BCUT2D eigenvalue weighted by Crippen LogP contribution is -2.19. The second-order valence-electron chi connectivity index (χ2n) is 7.40. The molecule has 6 heteroatoms. The molecule has 4 aromatic rings. The maximum Gasteiger partial charge on any atom is 0.274 e. The highest BCUT2D eigenvalue weighted by atomic mass is 16.1. The predicted octanol–water partition coefficient (Wildman–Crippen LogP) is 4.54. The number of hydrogen-bond donors (Lipinski definition) is 1. The van der Waals surface area contributed by atoms with Gasteiger partial charge < -0.3 is 10.2 Å². The standard InChI is InChI=1S/C24H21N5O/c30-24(22-11-10-17-6-1-2-9-20(17)26-22)25-19-8-5-7-18(16-19)21-12-13-23(28-27-21)29-14-3-4-15-29/h1-2,5-13,16H,3-4,14-15H2,(H,25,30). The fraction of sp³-hybridized carbons (Fsp3) is 0.167. The van der Waals surface area contributed by atoms with Crippen LogP contribution in [-0.2, 0) is 0 Å². The normalized spacial score (nSPS) is 13.5. The Morgan fingerprint density at radius 3 is 2.57 bits per heavy atom. The summed E-state index contributed by atoms with van der Waals surface area (Å²) < 4.78 is 0. The third-order valence-corrected chi connectivity index (χ3v) is 5.33. The smallest absolute Gasteiger partial charge is 0.274 e. The van der Waals surface area contributed by atoms with Crippen molar-refractivity contribution in [2.45, 2.75) is 12.8 Å². The van der Waals surface area contributed by atoms with Crippen molar-refractivity contribution in [1.82, 2.24) is 15.2 Å². The van der Waals surface area contributed by atoms with Crippen molar-refractivity contribution in [2.75, 3.05) is 23.3 Å². The van der Waals surface area contributed by atoms with Crippen molar-refractivity contribution in [3.63, 3.8) is 0 Å². The fourth-order valence-electron chi connectivity index (χ4n) is 3.74.